The molecule has 0 saturated carbocycles. The van der Waals surface area contributed by atoms with Crippen LogP contribution < -0.4 is 9.47 Å². The number of nitrogens with zero attached hydrogens (tertiary/aromatic N) is 2. The summed E-state index contributed by atoms with van der Waals surface area (Å²) in [6, 6.07) is 9.77. The van der Waals surface area contributed by atoms with Gasteiger partial charge in [-0.1, -0.05) is 12.1 Å². The van der Waals surface area contributed by atoms with Crippen LogP contribution in [-0.4, -0.2) is 43.3 Å². The molecule has 2 aliphatic rings. The van der Waals surface area contributed by atoms with Crippen molar-refractivity contribution in [3.63, 3.8) is 0 Å². The van der Waals surface area contributed by atoms with Crippen molar-refractivity contribution in [2.45, 2.75) is 23.5 Å². The maximum Gasteiger partial charge on any atom is 0.270 e. The molecule has 0 aromatic heterocycles. The van der Waals surface area contributed by atoms with Gasteiger partial charge in [-0.05, 0) is 36.6 Å². The van der Waals surface area contributed by atoms with Gasteiger partial charge < -0.3 is 9.47 Å². The molecule has 154 valence electrons. The predicted molar refractivity (Wildman–Crippen MR) is 109 cm³/mol. The summed E-state index contributed by atoms with van der Waals surface area (Å²) in [5.74, 6) is 2.06. The minimum Gasteiger partial charge on any atom is -0.454 e. The van der Waals surface area contributed by atoms with Gasteiger partial charge in [-0.2, -0.15) is 16.1 Å². The van der Waals surface area contributed by atoms with Crippen LogP contribution in [0.3, 0.4) is 0 Å². The summed E-state index contributed by atoms with van der Waals surface area (Å²) in [4.78, 5) is 10.5. The Labute approximate surface area is 173 Å². The number of thioether (sulfide) groups is 1. The lowest BCUT2D eigenvalue weighted by Gasteiger charge is -2.21. The summed E-state index contributed by atoms with van der Waals surface area (Å²) in [6.45, 7) is 2.57. The van der Waals surface area contributed by atoms with E-state index in [0.717, 1.165) is 17.4 Å². The first-order valence-corrected chi connectivity index (χ1v) is 11.6. The Morgan fingerprint density at radius 2 is 1.93 bits per heavy atom. The van der Waals surface area contributed by atoms with E-state index >= 15 is 0 Å². The SMILES string of the molecule is Cc1ccc([N+](=O)[O-])cc1S(=O)(=O)N1CCSC(c2ccc3c(c2)OCO3)CC1. The molecule has 1 saturated heterocycles. The molecule has 1 unspecified atom stereocenters. The van der Waals surface area contributed by atoms with Crippen molar-refractivity contribution in [3.05, 3.63) is 57.6 Å². The third-order valence-corrected chi connectivity index (χ3v) is 8.44. The number of rotatable bonds is 4. The molecule has 0 aliphatic carbocycles. The normalized spacial score (nSPS) is 19.7. The van der Waals surface area contributed by atoms with E-state index in [2.05, 4.69) is 0 Å². The number of aryl methyl sites for hydroxylation is 1. The maximum absolute atomic E-state index is 13.2. The number of non-ortho nitro benzene ring substituents is 1. The number of nitro benzene ring substituents is 1. The Morgan fingerprint density at radius 3 is 2.72 bits per heavy atom. The predicted octanol–water partition coefficient (Wildman–Crippen LogP) is 3.50. The first kappa shape index (κ1) is 20.0. The van der Waals surface area contributed by atoms with Crippen molar-refractivity contribution in [2.24, 2.45) is 0 Å². The van der Waals surface area contributed by atoms with Crippen molar-refractivity contribution in [1.82, 2.24) is 4.31 Å². The monoisotopic (exact) mass is 436 g/mol. The third-order valence-electron chi connectivity index (χ3n) is 5.07. The van der Waals surface area contributed by atoms with E-state index in [0.29, 0.717) is 36.6 Å². The highest BCUT2D eigenvalue weighted by Gasteiger charge is 2.31. The molecule has 8 nitrogen and oxygen atoms in total. The summed E-state index contributed by atoms with van der Waals surface area (Å²) in [5.41, 5.74) is 1.35. The second-order valence-corrected chi connectivity index (χ2v) is 10.1. The zero-order chi connectivity index (χ0) is 20.6. The standard InChI is InChI=1S/C19H20N2O6S2/c1-13-2-4-15(21(22)23)11-19(13)29(24,25)20-7-6-18(28-9-8-20)14-3-5-16-17(10-14)27-12-26-16/h2-5,10-11,18H,6-9,12H2,1H3. The molecule has 4 rings (SSSR count). The number of sulfonamides is 1. The average Bonchev–Trinajstić information content (AvgIpc) is 3.01. The fraction of sp³-hybridized carbons (Fsp3) is 0.368. The number of nitro groups is 1. The summed E-state index contributed by atoms with van der Waals surface area (Å²) < 4.78 is 38.6. The quantitative estimate of drug-likeness (QED) is 0.534. The van der Waals surface area contributed by atoms with Crippen LogP contribution in [0.4, 0.5) is 5.69 Å². The van der Waals surface area contributed by atoms with E-state index in [1.165, 1.54) is 16.4 Å². The van der Waals surface area contributed by atoms with Gasteiger partial charge >= 0.3 is 0 Å². The van der Waals surface area contributed by atoms with Crippen molar-refractivity contribution in [2.75, 3.05) is 25.6 Å². The lowest BCUT2D eigenvalue weighted by atomic mass is 10.1. The van der Waals surface area contributed by atoms with Crippen LogP contribution in [-0.2, 0) is 10.0 Å². The Morgan fingerprint density at radius 1 is 1.14 bits per heavy atom. The lowest BCUT2D eigenvalue weighted by Crippen LogP contribution is -2.33. The van der Waals surface area contributed by atoms with Gasteiger partial charge in [0.15, 0.2) is 11.5 Å². The second kappa shape index (κ2) is 7.85. The number of hydrogen-bond acceptors (Lipinski definition) is 7. The molecular formula is C19H20N2O6S2. The molecule has 1 atom stereocenters. The van der Waals surface area contributed by atoms with E-state index in [9.17, 15) is 18.5 Å². The smallest absolute Gasteiger partial charge is 0.270 e. The van der Waals surface area contributed by atoms with Crippen LogP contribution in [0.2, 0.25) is 0 Å². The van der Waals surface area contributed by atoms with Crippen molar-refractivity contribution in [3.8, 4) is 11.5 Å². The van der Waals surface area contributed by atoms with Gasteiger partial charge in [0.2, 0.25) is 16.8 Å². The molecule has 10 heteroatoms. The summed E-state index contributed by atoms with van der Waals surface area (Å²) in [6.07, 6.45) is 0.636. The van der Waals surface area contributed by atoms with Gasteiger partial charge in [0.25, 0.3) is 5.69 Å². The fourth-order valence-corrected chi connectivity index (χ4v) is 6.53. The van der Waals surface area contributed by atoms with Gasteiger partial charge in [-0.15, -0.1) is 0 Å². The largest absolute Gasteiger partial charge is 0.454 e. The number of hydrogen-bond donors (Lipinski definition) is 0. The van der Waals surface area contributed by atoms with Crippen LogP contribution >= 0.6 is 11.8 Å². The Hall–Kier alpha value is -2.30. The van der Waals surface area contributed by atoms with Crippen LogP contribution in [0.1, 0.15) is 22.8 Å². The molecule has 29 heavy (non-hydrogen) atoms. The van der Waals surface area contributed by atoms with Gasteiger partial charge in [0.1, 0.15) is 0 Å². The molecule has 2 aromatic rings. The zero-order valence-electron chi connectivity index (χ0n) is 15.7. The van der Waals surface area contributed by atoms with Crippen molar-refractivity contribution >= 4 is 27.5 Å². The van der Waals surface area contributed by atoms with E-state index < -0.39 is 14.9 Å². The van der Waals surface area contributed by atoms with E-state index in [1.54, 1.807) is 18.7 Å². The maximum atomic E-state index is 13.2. The van der Waals surface area contributed by atoms with Gasteiger partial charge in [-0.3, -0.25) is 10.1 Å². The molecular weight excluding hydrogens is 416 g/mol. The zero-order valence-corrected chi connectivity index (χ0v) is 17.4. The highest BCUT2D eigenvalue weighted by atomic mass is 32.2. The molecule has 2 aromatic carbocycles. The molecule has 0 spiro atoms. The number of benzene rings is 2. The Kier molecular flexibility index (Phi) is 5.41. The number of ether oxygens (including phenoxy) is 2. The molecule has 2 aliphatic heterocycles. The van der Waals surface area contributed by atoms with Gasteiger partial charge in [0, 0.05) is 36.2 Å². The molecule has 0 bridgehead atoms. The van der Waals surface area contributed by atoms with Gasteiger partial charge in [-0.25, -0.2) is 8.42 Å². The van der Waals surface area contributed by atoms with Crippen molar-refractivity contribution < 1.29 is 22.8 Å². The van der Waals surface area contributed by atoms with E-state index in [-0.39, 0.29) is 22.6 Å². The second-order valence-electron chi connectivity index (χ2n) is 6.87. The first-order chi connectivity index (χ1) is 13.9. The number of fused-ring (bicyclic) bond motifs is 1. The molecule has 0 amide bonds. The van der Waals surface area contributed by atoms with Crippen LogP contribution in [0.15, 0.2) is 41.3 Å². The molecule has 1 fully saturated rings. The summed E-state index contributed by atoms with van der Waals surface area (Å²) in [5, 5.41) is 11.2. The van der Waals surface area contributed by atoms with Crippen LogP contribution in [0.25, 0.3) is 0 Å². The minimum absolute atomic E-state index is 0.00164. The van der Waals surface area contributed by atoms with E-state index in [1.807, 2.05) is 18.2 Å². The highest BCUT2D eigenvalue weighted by molar-refractivity contribution is 7.99. The summed E-state index contributed by atoms with van der Waals surface area (Å²) >= 11 is 1.70. The van der Waals surface area contributed by atoms with Crippen LogP contribution in [0.5, 0.6) is 11.5 Å². The van der Waals surface area contributed by atoms with Gasteiger partial charge in [0.05, 0.1) is 9.82 Å². The molecule has 0 radical (unpaired) electrons. The van der Waals surface area contributed by atoms with Crippen molar-refractivity contribution in [1.29, 1.82) is 0 Å². The Balaban J connectivity index is 1.55. The fourth-order valence-electron chi connectivity index (χ4n) is 3.49. The van der Waals surface area contributed by atoms with E-state index in [4.69, 9.17) is 9.47 Å². The lowest BCUT2D eigenvalue weighted by molar-refractivity contribution is -0.385. The Bertz CT molecular complexity index is 1060. The topological polar surface area (TPSA) is 99.0 Å². The summed E-state index contributed by atoms with van der Waals surface area (Å²) in [7, 11) is -3.82. The third kappa shape index (κ3) is 3.92. The minimum atomic E-state index is -3.82. The first-order valence-electron chi connectivity index (χ1n) is 9.12. The highest BCUT2D eigenvalue weighted by Crippen LogP contribution is 2.41. The van der Waals surface area contributed by atoms with Crippen LogP contribution in [0, 0.1) is 17.0 Å². The molecule has 2 heterocycles. The molecule has 0 N–H and O–H groups in total. The average molecular weight is 437 g/mol.